The summed E-state index contributed by atoms with van der Waals surface area (Å²) in [4.78, 5) is 0. The quantitative estimate of drug-likeness (QED) is 0.163. The second-order valence-electron chi connectivity index (χ2n) is 13.9. The fraction of sp³-hybridized carbons (Fsp3) is 0.302. The third kappa shape index (κ3) is 10.8. The van der Waals surface area contributed by atoms with Gasteiger partial charge in [-0.2, -0.15) is 6.08 Å². The van der Waals surface area contributed by atoms with E-state index in [0.29, 0.717) is 0 Å². The predicted octanol–water partition coefficient (Wildman–Crippen LogP) is 7.79. The van der Waals surface area contributed by atoms with Gasteiger partial charge in [0.05, 0.1) is 0 Å². The van der Waals surface area contributed by atoms with Gasteiger partial charge in [-0.15, -0.1) is 46.2 Å². The molecular weight excluding hydrogens is 750 g/mol. The molecule has 5 aromatic carbocycles. The molecule has 0 fully saturated rings. The Balaban J connectivity index is 0.000000528. The number of fused-ring (bicyclic) bond motifs is 3. The van der Waals surface area contributed by atoms with Crippen LogP contribution in [0.1, 0.15) is 85.8 Å². The minimum atomic E-state index is 0. The predicted molar refractivity (Wildman–Crippen MR) is 202 cm³/mol. The number of halogens is 4. The maximum Gasteiger partial charge on any atom is -0.109 e. The molecular formula is C43H46Cl4Zr-2. The van der Waals surface area contributed by atoms with Crippen molar-refractivity contribution in [2.24, 2.45) is 0 Å². The van der Waals surface area contributed by atoms with E-state index in [1.165, 1.54) is 67.8 Å². The first-order valence-corrected chi connectivity index (χ1v) is 18.2. The van der Waals surface area contributed by atoms with E-state index < -0.39 is 0 Å². The van der Waals surface area contributed by atoms with Gasteiger partial charge in [0.2, 0.25) is 0 Å². The second kappa shape index (κ2) is 18.4. The van der Waals surface area contributed by atoms with E-state index in [9.17, 15) is 0 Å². The first kappa shape index (κ1) is 42.3. The van der Waals surface area contributed by atoms with Crippen LogP contribution in [-0.2, 0) is 35.1 Å². The first-order valence-electron chi connectivity index (χ1n) is 16.2. The zero-order valence-corrected chi connectivity index (χ0v) is 34.9. The van der Waals surface area contributed by atoms with E-state index in [-0.39, 0.29) is 35.6 Å². The van der Waals surface area contributed by atoms with Crippen LogP contribution in [0.5, 0.6) is 0 Å². The zero-order valence-electron chi connectivity index (χ0n) is 29.4. The van der Waals surface area contributed by atoms with Gasteiger partial charge in [0.25, 0.3) is 0 Å². The summed E-state index contributed by atoms with van der Waals surface area (Å²) in [5.41, 5.74) is 7.63. The molecule has 0 aromatic heterocycles. The van der Waals surface area contributed by atoms with Crippen LogP contribution in [0.3, 0.4) is 0 Å². The van der Waals surface area contributed by atoms with Gasteiger partial charge in [0.1, 0.15) is 0 Å². The molecule has 0 N–H and O–H groups in total. The number of benzene rings is 4. The largest absolute Gasteiger partial charge is 1.00 e. The van der Waals surface area contributed by atoms with Gasteiger partial charge in [-0.3, -0.25) is 6.08 Å². The Labute approximate surface area is 326 Å². The summed E-state index contributed by atoms with van der Waals surface area (Å²) in [7, 11) is 0. The molecule has 0 amide bonds. The van der Waals surface area contributed by atoms with Gasteiger partial charge in [-0.05, 0) is 68.5 Å². The minimum absolute atomic E-state index is 0. The van der Waals surface area contributed by atoms with Gasteiger partial charge in [0.15, 0.2) is 0 Å². The van der Waals surface area contributed by atoms with Crippen molar-refractivity contribution < 1.29 is 49.0 Å². The van der Waals surface area contributed by atoms with Crippen LogP contribution in [0, 0.1) is 6.08 Å². The smallest absolute Gasteiger partial charge is 0.109 e. The Morgan fingerprint density at radius 3 is 1.33 bits per heavy atom. The van der Waals surface area contributed by atoms with Crippen LogP contribution in [-0.4, -0.2) is 3.21 Å². The maximum atomic E-state index is 6.20. The number of allylic oxidation sites excluding steroid dienone is 4. The summed E-state index contributed by atoms with van der Waals surface area (Å²) in [5.74, 6) is 0. The normalized spacial score (nSPS) is 12.1. The molecule has 0 nitrogen and oxygen atoms in total. The van der Waals surface area contributed by atoms with Crippen LogP contribution in [0.2, 0.25) is 10.0 Å². The number of hydrogen-bond donors (Lipinski definition) is 0. The third-order valence-electron chi connectivity index (χ3n) is 8.35. The number of hydrogen-bond acceptors (Lipinski definition) is 0. The van der Waals surface area contributed by atoms with Crippen LogP contribution < -0.4 is 24.8 Å². The summed E-state index contributed by atoms with van der Waals surface area (Å²) in [6.07, 6.45) is 12.6. The van der Waals surface area contributed by atoms with Crippen molar-refractivity contribution in [1.29, 1.82) is 0 Å². The molecule has 48 heavy (non-hydrogen) atoms. The monoisotopic (exact) mass is 792 g/mol. The van der Waals surface area contributed by atoms with Crippen LogP contribution in [0.4, 0.5) is 0 Å². The summed E-state index contributed by atoms with van der Waals surface area (Å²) >= 11 is 14.0. The van der Waals surface area contributed by atoms with Crippen molar-refractivity contribution in [3.8, 4) is 22.3 Å². The molecule has 0 unspecified atom stereocenters. The molecule has 0 bridgehead atoms. The summed E-state index contributed by atoms with van der Waals surface area (Å²) in [6, 6.07) is 28.3. The molecule has 252 valence electrons. The molecule has 0 aliphatic heterocycles. The van der Waals surface area contributed by atoms with Gasteiger partial charge in [0, 0.05) is 10.0 Å². The van der Waals surface area contributed by atoms with E-state index in [1.54, 1.807) is 27.4 Å². The van der Waals surface area contributed by atoms with Gasteiger partial charge < -0.3 is 24.8 Å². The maximum absolute atomic E-state index is 6.20. The average Bonchev–Trinajstić information content (AvgIpc) is 3.71. The minimum Gasteiger partial charge on any atom is -1.00 e. The Morgan fingerprint density at radius 2 is 1.08 bits per heavy atom. The topological polar surface area (TPSA) is 0 Å². The Hall–Kier alpha value is -1.86. The van der Waals surface area contributed by atoms with Crippen LogP contribution in [0.15, 0.2) is 97.1 Å². The second-order valence-corrected chi connectivity index (χ2v) is 16.6. The van der Waals surface area contributed by atoms with Crippen molar-refractivity contribution in [3.63, 3.8) is 0 Å². The van der Waals surface area contributed by atoms with Crippen LogP contribution >= 0.6 is 23.2 Å². The molecule has 1 aliphatic rings. The van der Waals surface area contributed by atoms with Gasteiger partial charge >= 0.3 is 54.1 Å². The Bertz CT molecular complexity index is 1730. The summed E-state index contributed by atoms with van der Waals surface area (Å²) < 4.78 is 1.68. The van der Waals surface area contributed by atoms with E-state index in [0.717, 1.165) is 16.5 Å². The summed E-state index contributed by atoms with van der Waals surface area (Å²) in [5, 5.41) is 6.69. The van der Waals surface area contributed by atoms with Gasteiger partial charge in [-0.25, -0.2) is 12.2 Å². The van der Waals surface area contributed by atoms with Crippen molar-refractivity contribution in [2.45, 2.75) is 85.5 Å². The molecule has 0 radical (unpaired) electrons. The first-order chi connectivity index (χ1) is 21.7. The van der Waals surface area contributed by atoms with Gasteiger partial charge in [-0.1, -0.05) is 101 Å². The zero-order chi connectivity index (χ0) is 33.6. The average molecular weight is 796 g/mol. The molecule has 0 saturated carbocycles. The van der Waals surface area contributed by atoms with E-state index in [2.05, 4.69) is 122 Å². The standard InChI is InChI=1S/C33H31Cl2.C5H5.C5H10.2ClH.Zr/c1-32(2,3)30-18-26-22(16-28(30)20-7-11-24(34)12-8-20)15-23-17-29(21-9-13-25(35)14-10-21)31(19-27(23)26)33(4,5)6;1-2-4-5-3-1;1-3-5-4-2;;;/h7-19H,1-6H3;1-3H,4H2;3-4H2,1-2H3;2*1H;/q2*-1;;;;+2/p-2. The fourth-order valence-corrected chi connectivity index (χ4v) is 5.93. The molecule has 6 rings (SSSR count). The molecule has 0 atom stereocenters. The van der Waals surface area contributed by atoms with E-state index in [4.69, 9.17) is 23.2 Å². The molecule has 0 saturated heterocycles. The van der Waals surface area contributed by atoms with Crippen molar-refractivity contribution >= 4 is 48.0 Å². The van der Waals surface area contributed by atoms with E-state index >= 15 is 0 Å². The van der Waals surface area contributed by atoms with Crippen molar-refractivity contribution in [2.75, 3.05) is 0 Å². The Morgan fingerprint density at radius 1 is 0.688 bits per heavy atom. The molecule has 5 heteroatoms. The Kier molecular flexibility index (Phi) is 16.2. The molecule has 0 spiro atoms. The number of rotatable bonds is 4. The van der Waals surface area contributed by atoms with Crippen LogP contribution in [0.25, 0.3) is 43.8 Å². The third-order valence-corrected chi connectivity index (χ3v) is 10.6. The van der Waals surface area contributed by atoms with Crippen molar-refractivity contribution in [3.05, 3.63) is 124 Å². The van der Waals surface area contributed by atoms with E-state index in [1.807, 2.05) is 36.4 Å². The summed E-state index contributed by atoms with van der Waals surface area (Å²) in [6.45, 7) is 18.2. The molecule has 1 aliphatic carbocycles. The molecule has 5 aromatic rings. The van der Waals surface area contributed by atoms with Crippen molar-refractivity contribution in [1.82, 2.24) is 0 Å². The molecule has 0 heterocycles. The SMILES string of the molecule is CC(C)(C)c1cc2c(cc1-c1ccc(Cl)cc1)[cH-]c1cc(-c3ccc(Cl)cc3)c(C(C)(C)C)cc12.CC[C](=[Zr+2])CC.[C-]1=CC=CC1.[Cl-].[Cl-]. The fourth-order valence-electron chi connectivity index (χ4n) is 5.67.